The highest BCUT2D eigenvalue weighted by Gasteiger charge is 2.48. The largest absolute Gasteiger partial charge is 0.422 e. The van der Waals surface area contributed by atoms with E-state index < -0.39 is 204 Å². The van der Waals surface area contributed by atoms with Crippen molar-refractivity contribution in [3.63, 3.8) is 0 Å². The minimum absolute atomic E-state index is 0.00211. The maximum atomic E-state index is 15.0. The summed E-state index contributed by atoms with van der Waals surface area (Å²) >= 11 is 0. The number of halogens is 8. The van der Waals surface area contributed by atoms with Gasteiger partial charge in [-0.15, -0.1) is 0 Å². The number of carbonyl (C=O) groups is 12. The number of rotatable bonds is 13. The molecule has 10 atom stereocenters. The van der Waals surface area contributed by atoms with Gasteiger partial charge in [-0.05, 0) is 124 Å². The third kappa shape index (κ3) is 21.1. The van der Waals surface area contributed by atoms with Gasteiger partial charge in [0.2, 0.25) is 65.0 Å². The van der Waals surface area contributed by atoms with Crippen molar-refractivity contribution in [3.8, 4) is 0 Å². The van der Waals surface area contributed by atoms with Crippen LogP contribution in [0.5, 0.6) is 0 Å². The third-order valence-electron chi connectivity index (χ3n) is 20.8. The molecule has 582 valence electrons. The molecule has 0 aromatic heterocycles. The van der Waals surface area contributed by atoms with E-state index in [-0.39, 0.29) is 88.2 Å². The quantitative estimate of drug-likeness (QED) is 0.147. The number of nitrogens with zero attached hydrogens (tertiary/aromatic N) is 9. The number of hydrogen-bond donors (Lipinski definition) is 3. The molecule has 6 rings (SSSR count). The average Bonchev–Trinajstić information content (AvgIpc) is 1.49. The Bertz CT molecular complexity index is 3490. The van der Waals surface area contributed by atoms with Gasteiger partial charge in [0.15, 0.2) is 0 Å². The van der Waals surface area contributed by atoms with Gasteiger partial charge in [0.25, 0.3) is 5.91 Å². The smallest absolute Gasteiger partial charge is 0.354 e. The minimum atomic E-state index is -5.42. The first-order chi connectivity index (χ1) is 49.2. The number of alkyl halides is 6. The van der Waals surface area contributed by atoms with Crippen LogP contribution >= 0.6 is 0 Å². The highest BCUT2D eigenvalue weighted by molar-refractivity contribution is 6.03. The van der Waals surface area contributed by atoms with Crippen LogP contribution in [0.4, 0.5) is 35.1 Å². The number of aryl methyl sites for hydroxylation is 1. The van der Waals surface area contributed by atoms with Crippen LogP contribution in [-0.2, 0) is 82.7 Å². The Morgan fingerprint density at radius 2 is 1.24 bits per heavy atom. The fraction of sp³-hybridized carbons (Fsp3) is 0.644. The first-order valence-corrected chi connectivity index (χ1v) is 36.0. The summed E-state index contributed by atoms with van der Waals surface area (Å²) in [6.45, 7) is 15.4. The Balaban J connectivity index is 1.40. The molecule has 4 aliphatic rings. The number of hydrogen-bond acceptors (Lipinski definition) is 12. The van der Waals surface area contributed by atoms with Crippen LogP contribution in [0.2, 0.25) is 0 Å². The van der Waals surface area contributed by atoms with E-state index >= 15 is 9.59 Å². The Hall–Kier alpha value is -8.74. The van der Waals surface area contributed by atoms with Crippen molar-refractivity contribution in [1.82, 2.24) is 60.0 Å². The number of likely N-dealkylation sites (tertiary alicyclic amines) is 1. The predicted molar refractivity (Wildman–Crippen MR) is 370 cm³/mol. The number of benzene rings is 2. The third-order valence-corrected chi connectivity index (χ3v) is 20.8. The summed E-state index contributed by atoms with van der Waals surface area (Å²) in [5, 5.41) is 8.10. The second kappa shape index (κ2) is 37.0. The molecule has 0 bridgehead atoms. The molecule has 0 spiro atoms. The summed E-state index contributed by atoms with van der Waals surface area (Å²) < 4.78 is 112. The zero-order valence-corrected chi connectivity index (χ0v) is 62.0. The molecule has 0 radical (unpaired) electrons. The normalized spacial score (nSPS) is 24.8. The van der Waals surface area contributed by atoms with E-state index in [0.29, 0.717) is 50.9 Å². The van der Waals surface area contributed by atoms with Crippen molar-refractivity contribution >= 4 is 70.9 Å². The summed E-state index contributed by atoms with van der Waals surface area (Å²) in [6, 6.07) is -6.49. The number of amides is 12. The number of nitrogens with one attached hydrogen (secondary N) is 3. The van der Waals surface area contributed by atoms with Gasteiger partial charge in [0.1, 0.15) is 71.2 Å². The Morgan fingerprint density at radius 3 is 1.79 bits per heavy atom. The van der Waals surface area contributed by atoms with Crippen LogP contribution < -0.4 is 16.0 Å². The molecular weight excluding hydrogens is 1390 g/mol. The summed E-state index contributed by atoms with van der Waals surface area (Å²) in [7, 11) is 6.59. The molecule has 4 aliphatic heterocycles. The van der Waals surface area contributed by atoms with E-state index in [9.17, 15) is 83.1 Å². The van der Waals surface area contributed by atoms with Crippen LogP contribution in [0, 0.1) is 29.4 Å². The molecule has 4 fully saturated rings. The van der Waals surface area contributed by atoms with Crippen LogP contribution in [0.3, 0.4) is 0 Å². The van der Waals surface area contributed by atoms with E-state index in [1.54, 1.807) is 25.7 Å². The molecular formula is C73H102F8N12O12. The van der Waals surface area contributed by atoms with Crippen molar-refractivity contribution in [2.45, 2.75) is 205 Å². The van der Waals surface area contributed by atoms with Crippen molar-refractivity contribution in [1.29, 1.82) is 0 Å². The van der Waals surface area contributed by atoms with Crippen molar-refractivity contribution in [3.05, 3.63) is 82.6 Å². The van der Waals surface area contributed by atoms with Gasteiger partial charge in [0, 0.05) is 87.3 Å². The molecule has 105 heavy (non-hydrogen) atoms. The van der Waals surface area contributed by atoms with Crippen LogP contribution in [-0.4, -0.2) is 244 Å². The molecule has 0 aliphatic carbocycles. The molecule has 32 heteroatoms. The zero-order chi connectivity index (χ0) is 78.4. The van der Waals surface area contributed by atoms with Crippen LogP contribution in [0.1, 0.15) is 154 Å². The van der Waals surface area contributed by atoms with E-state index in [1.807, 2.05) is 20.8 Å². The molecule has 2 aromatic rings. The lowest BCUT2D eigenvalue weighted by atomic mass is 9.94. The van der Waals surface area contributed by atoms with Gasteiger partial charge in [-0.1, -0.05) is 73.1 Å². The van der Waals surface area contributed by atoms with E-state index in [4.69, 9.17) is 0 Å². The predicted octanol–water partition coefficient (Wildman–Crippen LogP) is 6.32. The second-order valence-corrected chi connectivity index (χ2v) is 28.5. The first-order valence-electron chi connectivity index (χ1n) is 36.0. The Kier molecular flexibility index (Phi) is 30.0. The molecule has 24 nitrogen and oxygen atoms in total. The summed E-state index contributed by atoms with van der Waals surface area (Å²) in [5.41, 5.74) is -3.90. The standard InChI is InChI=1S/C73H102F8N12O12/c1-14-43(6)61-70(104)86(10)45(8)65(99)93-35-30-53(93)69(103)91(16-3)56(39-46-24-27-48(28-25-46)72(76,77)78)67(101)85(9)41-57(94)83-51(29-26-47-37-49(74)60(50(75)38-47)73(79,80)81)66(100)92-34-21-22-52(92)63(97)82-31-18-17-23-58(95)89(13)62(44(7)15-2)71(105)88(12)55(68(102)90-32-19-20-33-90)40-59(96)87(11)54(36-42(4)5)64(98)84-61/h24-25,27-28,37-38,42-44,51-56,61-62H,8,14-23,26,29-36,39-41H2,1-7,9-13H3,(H,82,97)(H,83,94)(H,84,98)/t43-,44-,51-,52-,53-,54-,55-,56-,61-,62-/m0/s1. The minimum Gasteiger partial charge on any atom is -0.354 e. The molecule has 0 saturated carbocycles. The molecule has 12 amide bonds. The maximum Gasteiger partial charge on any atom is 0.422 e. The van der Waals surface area contributed by atoms with E-state index in [0.717, 1.165) is 55.8 Å². The van der Waals surface area contributed by atoms with Gasteiger partial charge in [-0.25, -0.2) is 8.78 Å². The van der Waals surface area contributed by atoms with Crippen LogP contribution in [0.15, 0.2) is 48.7 Å². The molecule has 3 N–H and O–H groups in total. The fourth-order valence-corrected chi connectivity index (χ4v) is 13.8. The highest BCUT2D eigenvalue weighted by Crippen LogP contribution is 2.36. The maximum absolute atomic E-state index is 15.0. The molecule has 4 heterocycles. The van der Waals surface area contributed by atoms with E-state index in [2.05, 4.69) is 22.5 Å². The van der Waals surface area contributed by atoms with Crippen molar-refractivity contribution in [2.24, 2.45) is 17.8 Å². The molecule has 4 saturated heterocycles. The summed E-state index contributed by atoms with van der Waals surface area (Å²) in [4.78, 5) is 186. The SMILES string of the molecule is C=C1C(=O)N2CC[C@H]2C(=O)N(CC)[C@@H](Cc2ccc(C(F)(F)F)cc2)C(=O)N(C)CC(=O)N[C@@H](CCc2cc(F)c(C(F)(F)F)c(F)c2)C(=O)N2CCC[C@H]2C(=O)NCCCCC(=O)N(C)[C@@H]([C@@H](C)CC)C(=O)N(C)[C@H](C(=O)N2CCCC2)CC(=O)N(C)[C@@H](CC(C)C)C(=O)N[C@@H]([C@@H](C)CC)C(=O)N1C. The Labute approximate surface area is 608 Å². The van der Waals surface area contributed by atoms with Gasteiger partial charge in [0.05, 0.1) is 18.5 Å². The van der Waals surface area contributed by atoms with Gasteiger partial charge >= 0.3 is 12.4 Å². The second-order valence-electron chi connectivity index (χ2n) is 28.5. The van der Waals surface area contributed by atoms with Gasteiger partial charge in [-0.3, -0.25) is 57.5 Å². The molecule has 2 aromatic carbocycles. The van der Waals surface area contributed by atoms with Gasteiger partial charge in [-0.2, -0.15) is 26.3 Å². The lowest BCUT2D eigenvalue weighted by molar-refractivity contribution is -0.157. The lowest BCUT2D eigenvalue weighted by Crippen LogP contribution is -2.63. The Morgan fingerprint density at radius 1 is 0.619 bits per heavy atom. The highest BCUT2D eigenvalue weighted by atomic mass is 19.4. The van der Waals surface area contributed by atoms with Crippen molar-refractivity contribution < 1.29 is 92.7 Å². The topological polar surface area (TPSA) is 270 Å². The number of carbonyl (C=O) groups excluding carboxylic acids is 12. The van der Waals surface area contributed by atoms with E-state index in [1.165, 1.54) is 49.8 Å². The summed E-state index contributed by atoms with van der Waals surface area (Å²) in [5.74, 6) is -14.5. The average molecular weight is 1490 g/mol. The number of likely N-dealkylation sites (N-methyl/N-ethyl adjacent to an activating group) is 6. The fourth-order valence-electron chi connectivity index (χ4n) is 13.8. The molecule has 0 unspecified atom stereocenters. The summed E-state index contributed by atoms with van der Waals surface area (Å²) in [6.07, 6.45) is -9.64. The zero-order valence-electron chi connectivity index (χ0n) is 62.0. The van der Waals surface area contributed by atoms with Crippen LogP contribution in [0.25, 0.3) is 0 Å². The monoisotopic (exact) mass is 1490 g/mol. The van der Waals surface area contributed by atoms with Gasteiger partial charge < -0.3 is 60.0 Å². The van der Waals surface area contributed by atoms with Crippen molar-refractivity contribution in [2.75, 3.05) is 81.1 Å². The first kappa shape index (κ1) is 85.2. The number of fused-ring (bicyclic) bond motifs is 2. The lowest BCUT2D eigenvalue weighted by Gasteiger charge is -2.44.